The second-order valence-electron chi connectivity index (χ2n) is 13.2. The van der Waals surface area contributed by atoms with E-state index in [0.29, 0.717) is 21.3 Å². The van der Waals surface area contributed by atoms with Crippen molar-refractivity contribution in [2.24, 2.45) is 0 Å². The summed E-state index contributed by atoms with van der Waals surface area (Å²) in [4.78, 5) is 30.2. The molecule has 0 aliphatic carbocycles. The van der Waals surface area contributed by atoms with Crippen LogP contribution in [0.1, 0.15) is 62.8 Å². The third-order valence-corrected chi connectivity index (χ3v) is 10.4. The zero-order valence-electron chi connectivity index (χ0n) is 28.2. The molecular weight excluding hydrogens is 665 g/mol. The molecule has 254 valence electrons. The van der Waals surface area contributed by atoms with Crippen LogP contribution in [0.5, 0.6) is 0 Å². The smallest absolute Gasteiger partial charge is 0.264 e. The lowest BCUT2D eigenvalue weighted by atomic mass is 10.0. The van der Waals surface area contributed by atoms with E-state index in [1.165, 1.54) is 17.0 Å². The molecule has 0 saturated carbocycles. The maximum Gasteiger partial charge on any atom is 0.264 e. The van der Waals surface area contributed by atoms with Crippen LogP contribution in [-0.2, 0) is 32.6 Å². The number of aryl methyl sites for hydroxylation is 1. The Morgan fingerprint density at radius 1 is 0.812 bits per heavy atom. The van der Waals surface area contributed by atoms with Crippen LogP contribution in [0.2, 0.25) is 10.0 Å². The van der Waals surface area contributed by atoms with Crippen LogP contribution >= 0.6 is 23.2 Å². The lowest BCUT2D eigenvalue weighted by molar-refractivity contribution is -0.140. The van der Waals surface area contributed by atoms with Gasteiger partial charge >= 0.3 is 0 Å². The molecule has 0 radical (unpaired) electrons. The van der Waals surface area contributed by atoms with Crippen molar-refractivity contribution in [2.45, 2.75) is 76.9 Å². The summed E-state index contributed by atoms with van der Waals surface area (Å²) in [5.74, 6) is -0.768. The molecule has 0 spiro atoms. The minimum atomic E-state index is -4.22. The molecule has 0 aliphatic heterocycles. The largest absolute Gasteiger partial charge is 0.350 e. The average Bonchev–Trinajstić information content (AvgIpc) is 3.02. The van der Waals surface area contributed by atoms with Crippen molar-refractivity contribution in [3.63, 3.8) is 0 Å². The van der Waals surface area contributed by atoms with Gasteiger partial charge in [-0.05, 0) is 81.1 Å². The van der Waals surface area contributed by atoms with Crippen molar-refractivity contribution >= 4 is 50.7 Å². The molecule has 2 amide bonds. The van der Waals surface area contributed by atoms with Gasteiger partial charge in [0.05, 0.1) is 10.6 Å². The van der Waals surface area contributed by atoms with Gasteiger partial charge in [0.25, 0.3) is 10.0 Å². The third kappa shape index (κ3) is 9.40. The Bertz CT molecular complexity index is 1800. The zero-order chi connectivity index (χ0) is 35.2. The van der Waals surface area contributed by atoms with E-state index in [2.05, 4.69) is 5.32 Å². The number of hydrogen-bond acceptors (Lipinski definition) is 4. The summed E-state index contributed by atoms with van der Waals surface area (Å²) in [5, 5.41) is 3.67. The highest BCUT2D eigenvalue weighted by molar-refractivity contribution is 7.92. The molecule has 0 unspecified atom stereocenters. The molecule has 0 bridgehead atoms. The van der Waals surface area contributed by atoms with Crippen molar-refractivity contribution in [1.29, 1.82) is 0 Å². The minimum absolute atomic E-state index is 0.0424. The summed E-state index contributed by atoms with van der Waals surface area (Å²) in [6.07, 6.45) is 0.171. The lowest BCUT2D eigenvalue weighted by Crippen LogP contribution is -2.56. The van der Waals surface area contributed by atoms with E-state index in [0.717, 1.165) is 21.0 Å². The van der Waals surface area contributed by atoms with E-state index in [-0.39, 0.29) is 23.8 Å². The molecule has 0 aromatic heterocycles. The third-order valence-electron chi connectivity index (χ3n) is 7.90. The molecule has 1 N–H and O–H groups in total. The summed E-state index contributed by atoms with van der Waals surface area (Å²) in [6, 6.07) is 27.0. The van der Waals surface area contributed by atoms with Crippen LogP contribution in [0.15, 0.2) is 102 Å². The van der Waals surface area contributed by atoms with Crippen LogP contribution in [0, 0.1) is 6.92 Å². The molecule has 0 fully saturated rings. The normalized spacial score (nSPS) is 12.4. The zero-order valence-corrected chi connectivity index (χ0v) is 30.5. The standard InChI is InChI=1S/C38H43Cl2N3O4S/c1-26(2)29-17-19-30(20-18-29)43(48(46,47)31-21-15-27(3)16-22-31)25-36(44)42(24-32-33(39)13-10-14-34(32)40)35(37(45)41-38(4,5)6)23-28-11-8-7-9-12-28/h7-22,26,35H,23-25H2,1-6H3,(H,41,45)/t35-/m0/s1. The number of rotatable bonds is 12. The monoisotopic (exact) mass is 707 g/mol. The number of nitrogens with one attached hydrogen (secondary N) is 1. The highest BCUT2D eigenvalue weighted by atomic mass is 35.5. The summed E-state index contributed by atoms with van der Waals surface area (Å²) in [5.41, 5.74) is 2.90. The van der Waals surface area contributed by atoms with E-state index in [9.17, 15) is 18.0 Å². The SMILES string of the molecule is Cc1ccc(S(=O)(=O)N(CC(=O)N(Cc2c(Cl)cccc2Cl)[C@@H](Cc2ccccc2)C(=O)NC(C)(C)C)c2ccc(C(C)C)cc2)cc1. The van der Waals surface area contributed by atoms with Crippen LogP contribution in [0.25, 0.3) is 0 Å². The summed E-state index contributed by atoms with van der Waals surface area (Å²) in [7, 11) is -4.22. The van der Waals surface area contributed by atoms with Gasteiger partial charge in [0.15, 0.2) is 0 Å². The maximum absolute atomic E-state index is 14.7. The van der Waals surface area contributed by atoms with Gasteiger partial charge in [0.1, 0.15) is 12.6 Å². The van der Waals surface area contributed by atoms with Gasteiger partial charge in [0.2, 0.25) is 11.8 Å². The Labute approximate surface area is 294 Å². The number of amides is 2. The molecule has 7 nitrogen and oxygen atoms in total. The predicted molar refractivity (Wildman–Crippen MR) is 195 cm³/mol. The van der Waals surface area contributed by atoms with Crippen molar-refractivity contribution in [3.05, 3.63) is 129 Å². The molecule has 10 heteroatoms. The quantitative estimate of drug-likeness (QED) is 0.161. The van der Waals surface area contributed by atoms with Gasteiger partial charge in [-0.25, -0.2) is 8.42 Å². The number of anilines is 1. The Kier molecular flexibility index (Phi) is 12.0. The molecule has 0 heterocycles. The number of carbonyl (C=O) groups excluding carboxylic acids is 2. The van der Waals surface area contributed by atoms with Crippen LogP contribution < -0.4 is 9.62 Å². The Hall–Kier alpha value is -3.85. The lowest BCUT2D eigenvalue weighted by Gasteiger charge is -2.35. The topological polar surface area (TPSA) is 86.8 Å². The van der Waals surface area contributed by atoms with Gasteiger partial charge in [-0.1, -0.05) is 103 Å². The molecule has 1 atom stereocenters. The van der Waals surface area contributed by atoms with Crippen LogP contribution in [-0.4, -0.2) is 43.3 Å². The highest BCUT2D eigenvalue weighted by Crippen LogP contribution is 2.30. The molecular formula is C38H43Cl2N3O4S. The van der Waals surface area contributed by atoms with E-state index >= 15 is 0 Å². The first-order valence-electron chi connectivity index (χ1n) is 15.8. The minimum Gasteiger partial charge on any atom is -0.350 e. The first-order chi connectivity index (χ1) is 22.6. The van der Waals surface area contributed by atoms with Gasteiger partial charge in [-0.3, -0.25) is 13.9 Å². The number of halogens is 2. The summed E-state index contributed by atoms with van der Waals surface area (Å²) >= 11 is 13.2. The molecule has 0 saturated heterocycles. The fourth-order valence-electron chi connectivity index (χ4n) is 5.25. The molecule has 4 aromatic rings. The van der Waals surface area contributed by atoms with Crippen LogP contribution in [0.3, 0.4) is 0 Å². The highest BCUT2D eigenvalue weighted by Gasteiger charge is 2.36. The van der Waals surface area contributed by atoms with Gasteiger partial charge < -0.3 is 10.2 Å². The fourth-order valence-corrected chi connectivity index (χ4v) is 7.18. The molecule has 4 aromatic carbocycles. The fraction of sp³-hybridized carbons (Fsp3) is 0.316. The van der Waals surface area contributed by atoms with E-state index < -0.39 is 40.0 Å². The second kappa shape index (κ2) is 15.6. The van der Waals surface area contributed by atoms with Gasteiger partial charge in [0, 0.05) is 34.1 Å². The second-order valence-corrected chi connectivity index (χ2v) is 15.9. The first kappa shape index (κ1) is 37.0. The maximum atomic E-state index is 14.7. The Balaban J connectivity index is 1.86. The molecule has 0 aliphatic rings. The average molecular weight is 709 g/mol. The van der Waals surface area contributed by atoms with Crippen molar-refractivity contribution in [3.8, 4) is 0 Å². The Morgan fingerprint density at radius 2 is 1.40 bits per heavy atom. The van der Waals surface area contributed by atoms with E-state index in [4.69, 9.17) is 23.2 Å². The van der Waals surface area contributed by atoms with Crippen molar-refractivity contribution in [1.82, 2.24) is 10.2 Å². The van der Waals surface area contributed by atoms with Crippen molar-refractivity contribution < 1.29 is 18.0 Å². The number of benzene rings is 4. The summed E-state index contributed by atoms with van der Waals surface area (Å²) < 4.78 is 29.7. The number of carbonyl (C=O) groups is 2. The number of sulfonamides is 1. The summed E-state index contributed by atoms with van der Waals surface area (Å²) in [6.45, 7) is 10.8. The number of nitrogens with zero attached hydrogens (tertiary/aromatic N) is 2. The van der Waals surface area contributed by atoms with E-state index in [1.54, 1.807) is 42.5 Å². The van der Waals surface area contributed by atoms with Crippen LogP contribution in [0.4, 0.5) is 5.69 Å². The van der Waals surface area contributed by atoms with E-state index in [1.807, 2.05) is 84.0 Å². The number of hydrogen-bond donors (Lipinski definition) is 1. The molecule has 48 heavy (non-hydrogen) atoms. The van der Waals surface area contributed by atoms with Gasteiger partial charge in [-0.2, -0.15) is 0 Å². The predicted octanol–water partition coefficient (Wildman–Crippen LogP) is 8.18. The van der Waals surface area contributed by atoms with Gasteiger partial charge in [-0.15, -0.1) is 0 Å². The molecule has 4 rings (SSSR count). The Morgan fingerprint density at radius 3 is 1.94 bits per heavy atom. The van der Waals surface area contributed by atoms with Crippen molar-refractivity contribution in [2.75, 3.05) is 10.8 Å². The first-order valence-corrected chi connectivity index (χ1v) is 18.0.